The molecule has 0 saturated carbocycles. The topological polar surface area (TPSA) is 88.7 Å². The van der Waals surface area contributed by atoms with Crippen molar-refractivity contribution >= 4 is 5.69 Å². The van der Waals surface area contributed by atoms with Crippen LogP contribution >= 0.6 is 0 Å². The van der Waals surface area contributed by atoms with E-state index in [0.717, 1.165) is 0 Å². The Morgan fingerprint density at radius 2 is 2.44 bits per heavy atom. The molecule has 2 rings (SSSR count). The summed E-state index contributed by atoms with van der Waals surface area (Å²) < 4.78 is 10.2. The van der Waals surface area contributed by atoms with Crippen LogP contribution in [0.1, 0.15) is 5.56 Å². The molecule has 0 aliphatic carbocycles. The van der Waals surface area contributed by atoms with E-state index in [0.29, 0.717) is 13.2 Å². The number of nitro benzene ring substituents is 1. The summed E-state index contributed by atoms with van der Waals surface area (Å²) in [6, 6.07) is 5.95. The molecule has 1 fully saturated rings. The normalized spacial score (nSPS) is 17.6. The molecular weight excluding hydrogens is 212 g/mol. The van der Waals surface area contributed by atoms with Gasteiger partial charge in [-0.1, -0.05) is 0 Å². The molecule has 1 aliphatic rings. The molecule has 6 nitrogen and oxygen atoms in total. The summed E-state index contributed by atoms with van der Waals surface area (Å²) in [5.74, 6) is 0.166. The number of nitro groups is 1. The number of nitriles is 1. The van der Waals surface area contributed by atoms with Crippen molar-refractivity contribution < 1.29 is 14.4 Å². The van der Waals surface area contributed by atoms with E-state index in [-0.39, 0.29) is 23.1 Å². The summed E-state index contributed by atoms with van der Waals surface area (Å²) in [6.45, 7) is 0.927. The van der Waals surface area contributed by atoms with Crippen LogP contribution in [-0.2, 0) is 4.74 Å². The van der Waals surface area contributed by atoms with Crippen LogP contribution in [0.25, 0.3) is 0 Å². The third-order valence-electron chi connectivity index (χ3n) is 2.11. The molecule has 0 radical (unpaired) electrons. The molecule has 1 aliphatic heterocycles. The van der Waals surface area contributed by atoms with Gasteiger partial charge in [-0.2, -0.15) is 5.26 Å². The van der Waals surface area contributed by atoms with Crippen LogP contribution < -0.4 is 4.74 Å². The molecular formula is C10H8N2O4. The Morgan fingerprint density at radius 1 is 1.69 bits per heavy atom. The summed E-state index contributed by atoms with van der Waals surface area (Å²) in [4.78, 5) is 10.2. The first-order valence-electron chi connectivity index (χ1n) is 4.63. The van der Waals surface area contributed by atoms with Gasteiger partial charge in [-0.3, -0.25) is 10.1 Å². The largest absolute Gasteiger partial charge is 0.484 e. The minimum Gasteiger partial charge on any atom is -0.484 e. The summed E-state index contributed by atoms with van der Waals surface area (Å²) in [6.07, 6.45) is 0.0373. The molecule has 0 aromatic heterocycles. The van der Waals surface area contributed by atoms with Crippen molar-refractivity contribution in [3.63, 3.8) is 0 Å². The molecule has 1 aromatic carbocycles. The zero-order valence-electron chi connectivity index (χ0n) is 8.25. The highest BCUT2D eigenvalue weighted by Crippen LogP contribution is 2.28. The predicted octanol–water partition coefficient (Wildman–Crippen LogP) is 1.24. The number of epoxide rings is 1. The molecule has 16 heavy (non-hydrogen) atoms. The van der Waals surface area contributed by atoms with Crippen molar-refractivity contribution in [1.29, 1.82) is 5.26 Å². The van der Waals surface area contributed by atoms with Gasteiger partial charge in [0.2, 0.25) is 0 Å². The van der Waals surface area contributed by atoms with Gasteiger partial charge in [0.05, 0.1) is 23.2 Å². The fourth-order valence-electron chi connectivity index (χ4n) is 1.20. The molecule has 0 unspecified atom stereocenters. The number of nitrogens with zero attached hydrogens (tertiary/aromatic N) is 2. The molecule has 1 aromatic rings. The first-order valence-corrected chi connectivity index (χ1v) is 4.63. The monoisotopic (exact) mass is 220 g/mol. The standard InChI is InChI=1S/C10H8N2O4/c11-4-7-1-2-10(9(3-7)12(13)14)16-6-8-5-15-8/h1-3,8H,5-6H2/t8-/m1/s1. The zero-order chi connectivity index (χ0) is 11.5. The predicted molar refractivity (Wildman–Crippen MR) is 53.0 cm³/mol. The molecule has 1 saturated heterocycles. The molecule has 0 spiro atoms. The molecule has 6 heteroatoms. The first-order chi connectivity index (χ1) is 7.70. The van der Waals surface area contributed by atoms with Gasteiger partial charge >= 0.3 is 5.69 Å². The van der Waals surface area contributed by atoms with E-state index in [1.54, 1.807) is 0 Å². The van der Waals surface area contributed by atoms with Crippen molar-refractivity contribution in [2.24, 2.45) is 0 Å². The van der Waals surface area contributed by atoms with Crippen LogP contribution in [0.15, 0.2) is 18.2 Å². The summed E-state index contributed by atoms with van der Waals surface area (Å²) in [5, 5.41) is 19.4. The Morgan fingerprint density at radius 3 is 3.00 bits per heavy atom. The van der Waals surface area contributed by atoms with E-state index < -0.39 is 4.92 Å². The van der Waals surface area contributed by atoms with Crippen molar-refractivity contribution in [1.82, 2.24) is 0 Å². The average Bonchev–Trinajstić information content (AvgIpc) is 3.09. The van der Waals surface area contributed by atoms with Gasteiger partial charge in [0.15, 0.2) is 5.75 Å². The lowest BCUT2D eigenvalue weighted by Gasteiger charge is -2.04. The fourth-order valence-corrected chi connectivity index (χ4v) is 1.20. The van der Waals surface area contributed by atoms with E-state index in [1.165, 1.54) is 18.2 Å². The second kappa shape index (κ2) is 4.16. The van der Waals surface area contributed by atoms with E-state index >= 15 is 0 Å². The summed E-state index contributed by atoms with van der Waals surface area (Å²) in [7, 11) is 0. The molecule has 1 heterocycles. The first kappa shape index (κ1) is 10.4. The maximum atomic E-state index is 10.7. The lowest BCUT2D eigenvalue weighted by molar-refractivity contribution is -0.385. The smallest absolute Gasteiger partial charge is 0.312 e. The highest BCUT2D eigenvalue weighted by Gasteiger charge is 2.25. The summed E-state index contributed by atoms with van der Waals surface area (Å²) >= 11 is 0. The molecule has 0 bridgehead atoms. The number of ether oxygens (including phenoxy) is 2. The quantitative estimate of drug-likeness (QED) is 0.432. The van der Waals surface area contributed by atoms with Gasteiger partial charge in [-0.25, -0.2) is 0 Å². The van der Waals surface area contributed by atoms with Gasteiger partial charge in [-0.15, -0.1) is 0 Å². The van der Waals surface area contributed by atoms with Crippen LogP contribution in [0.4, 0.5) is 5.69 Å². The van der Waals surface area contributed by atoms with Gasteiger partial charge in [0.25, 0.3) is 0 Å². The zero-order valence-corrected chi connectivity index (χ0v) is 8.25. The van der Waals surface area contributed by atoms with E-state index in [4.69, 9.17) is 14.7 Å². The van der Waals surface area contributed by atoms with E-state index in [1.807, 2.05) is 6.07 Å². The number of hydrogen-bond acceptors (Lipinski definition) is 5. The molecule has 82 valence electrons. The Kier molecular flexibility index (Phi) is 2.70. The Labute approximate surface area is 91.2 Å². The molecule has 0 amide bonds. The molecule has 0 N–H and O–H groups in total. The van der Waals surface area contributed by atoms with Crippen molar-refractivity contribution in [3.8, 4) is 11.8 Å². The van der Waals surface area contributed by atoms with Crippen LogP contribution in [0, 0.1) is 21.4 Å². The van der Waals surface area contributed by atoms with Crippen LogP contribution in [0.2, 0.25) is 0 Å². The third-order valence-corrected chi connectivity index (χ3v) is 2.11. The minimum absolute atomic E-state index is 0.0373. The maximum Gasteiger partial charge on any atom is 0.312 e. The molecule has 1 atom stereocenters. The van der Waals surface area contributed by atoms with E-state index in [2.05, 4.69) is 0 Å². The van der Waals surface area contributed by atoms with Crippen LogP contribution in [0.5, 0.6) is 5.75 Å². The minimum atomic E-state index is -0.566. The number of rotatable bonds is 4. The number of hydrogen-bond donors (Lipinski definition) is 0. The maximum absolute atomic E-state index is 10.7. The second-order valence-corrected chi connectivity index (χ2v) is 3.32. The average molecular weight is 220 g/mol. The lowest BCUT2D eigenvalue weighted by Crippen LogP contribution is -2.05. The van der Waals surface area contributed by atoms with Crippen molar-refractivity contribution in [2.75, 3.05) is 13.2 Å². The lowest BCUT2D eigenvalue weighted by atomic mass is 10.2. The highest BCUT2D eigenvalue weighted by atomic mass is 16.6. The third kappa shape index (κ3) is 2.27. The SMILES string of the molecule is N#Cc1ccc(OC[C@H]2CO2)c([N+](=O)[O-])c1. The second-order valence-electron chi connectivity index (χ2n) is 3.32. The fraction of sp³-hybridized carbons (Fsp3) is 0.300. The van der Waals surface area contributed by atoms with Gasteiger partial charge in [0, 0.05) is 6.07 Å². The Hall–Kier alpha value is -2.13. The number of benzene rings is 1. The van der Waals surface area contributed by atoms with Crippen molar-refractivity contribution in [3.05, 3.63) is 33.9 Å². The summed E-state index contributed by atoms with van der Waals surface area (Å²) in [5.41, 5.74) is 0.0430. The van der Waals surface area contributed by atoms with Crippen LogP contribution in [0.3, 0.4) is 0 Å². The highest BCUT2D eigenvalue weighted by molar-refractivity contribution is 5.51. The van der Waals surface area contributed by atoms with Gasteiger partial charge < -0.3 is 9.47 Å². The van der Waals surface area contributed by atoms with E-state index in [9.17, 15) is 10.1 Å². The Balaban J connectivity index is 2.21. The van der Waals surface area contributed by atoms with Gasteiger partial charge in [-0.05, 0) is 12.1 Å². The Bertz CT molecular complexity index is 462. The van der Waals surface area contributed by atoms with Gasteiger partial charge in [0.1, 0.15) is 12.7 Å². The van der Waals surface area contributed by atoms with Crippen molar-refractivity contribution in [2.45, 2.75) is 6.10 Å². The van der Waals surface area contributed by atoms with Crippen LogP contribution in [-0.4, -0.2) is 24.2 Å².